The van der Waals surface area contributed by atoms with Crippen molar-refractivity contribution in [2.45, 2.75) is 25.4 Å². The van der Waals surface area contributed by atoms with Gasteiger partial charge in [-0.1, -0.05) is 12.1 Å². The number of carbonyl (C=O) groups is 2. The summed E-state index contributed by atoms with van der Waals surface area (Å²) in [5.74, 6) is -1.95. The lowest BCUT2D eigenvalue weighted by Crippen LogP contribution is -2.41. The number of guanidine groups is 2. The number of carbonyl (C=O) groups excluding carboxylic acids is 1. The molecule has 0 aromatic heterocycles. The Bertz CT molecular complexity index is 631. The highest BCUT2D eigenvalue weighted by molar-refractivity contribution is 5.96. The highest BCUT2D eigenvalue weighted by Crippen LogP contribution is 2.06. The number of hydrogen-bond acceptors (Lipinski definition) is 4. The molecule has 0 aliphatic rings. The number of aliphatic carboxylic acids is 1. The van der Waals surface area contributed by atoms with E-state index in [9.17, 15) is 14.7 Å². The Hall–Kier alpha value is -3.30. The molecule has 10 nitrogen and oxygen atoms in total. The highest BCUT2D eigenvalue weighted by Gasteiger charge is 2.20. The van der Waals surface area contributed by atoms with Crippen molar-refractivity contribution in [2.24, 2.45) is 11.5 Å². The zero-order chi connectivity index (χ0) is 18.8. The molecule has 0 bridgehead atoms. The number of nitrogens with one attached hydrogen (secondary N) is 5. The van der Waals surface area contributed by atoms with E-state index in [1.807, 2.05) is 0 Å². The van der Waals surface area contributed by atoms with E-state index < -0.39 is 17.9 Å². The van der Waals surface area contributed by atoms with Gasteiger partial charge in [-0.2, -0.15) is 0 Å². The van der Waals surface area contributed by atoms with Crippen LogP contribution in [0, 0.1) is 10.8 Å². The molecule has 10 heteroatoms. The van der Waals surface area contributed by atoms with Crippen LogP contribution >= 0.6 is 0 Å². The second-order valence-electron chi connectivity index (χ2n) is 5.31. The number of carboxylic acids is 1. The highest BCUT2D eigenvalue weighted by atomic mass is 16.4. The van der Waals surface area contributed by atoms with Crippen molar-refractivity contribution in [3.05, 3.63) is 35.4 Å². The first-order chi connectivity index (χ1) is 11.8. The fourth-order valence-electron chi connectivity index (χ4n) is 2.00. The van der Waals surface area contributed by atoms with Crippen molar-refractivity contribution < 1.29 is 14.7 Å². The molecule has 0 saturated heterocycles. The van der Waals surface area contributed by atoms with Gasteiger partial charge in [0.2, 0.25) is 0 Å². The summed E-state index contributed by atoms with van der Waals surface area (Å²) >= 11 is 0. The molecule has 0 saturated carbocycles. The van der Waals surface area contributed by atoms with Crippen molar-refractivity contribution in [1.29, 1.82) is 10.8 Å². The molecule has 10 N–H and O–H groups in total. The van der Waals surface area contributed by atoms with Gasteiger partial charge in [0.1, 0.15) is 6.04 Å². The molecule has 0 spiro atoms. The average Bonchev–Trinajstić information content (AvgIpc) is 2.55. The molecular weight excluding hydrogens is 326 g/mol. The molecule has 0 fully saturated rings. The van der Waals surface area contributed by atoms with E-state index in [0.717, 1.165) is 5.56 Å². The third kappa shape index (κ3) is 7.68. The summed E-state index contributed by atoms with van der Waals surface area (Å²) in [5, 5.41) is 31.0. The number of amides is 1. The van der Waals surface area contributed by atoms with Gasteiger partial charge in [0.15, 0.2) is 11.9 Å². The van der Waals surface area contributed by atoms with Crippen LogP contribution in [0.3, 0.4) is 0 Å². The van der Waals surface area contributed by atoms with E-state index >= 15 is 0 Å². The summed E-state index contributed by atoms with van der Waals surface area (Å²) in [5.41, 5.74) is 11.5. The minimum Gasteiger partial charge on any atom is -0.480 e. The lowest BCUT2D eigenvalue weighted by atomic mass is 10.1. The van der Waals surface area contributed by atoms with Crippen molar-refractivity contribution in [3.8, 4) is 0 Å². The van der Waals surface area contributed by atoms with E-state index in [2.05, 4.69) is 16.0 Å². The zero-order valence-electron chi connectivity index (χ0n) is 13.6. The predicted octanol–water partition coefficient (Wildman–Crippen LogP) is -0.884. The van der Waals surface area contributed by atoms with Gasteiger partial charge >= 0.3 is 5.97 Å². The minimum atomic E-state index is -1.13. The Morgan fingerprint density at radius 2 is 1.68 bits per heavy atom. The molecule has 0 aliphatic carbocycles. The molecule has 1 rings (SSSR count). The maximum absolute atomic E-state index is 12.2. The van der Waals surface area contributed by atoms with Crippen LogP contribution < -0.4 is 27.4 Å². The topological polar surface area (TPSA) is 190 Å². The predicted molar refractivity (Wildman–Crippen MR) is 93.2 cm³/mol. The largest absolute Gasteiger partial charge is 0.480 e. The molecule has 1 atom stereocenters. The first kappa shape index (κ1) is 19.7. The summed E-state index contributed by atoms with van der Waals surface area (Å²) in [6, 6.07) is 5.50. The first-order valence-electron chi connectivity index (χ1n) is 7.58. The summed E-state index contributed by atoms with van der Waals surface area (Å²) in [4.78, 5) is 23.4. The van der Waals surface area contributed by atoms with E-state index in [-0.39, 0.29) is 18.3 Å². The minimum absolute atomic E-state index is 0.148. The van der Waals surface area contributed by atoms with Gasteiger partial charge in [-0.25, -0.2) is 4.79 Å². The van der Waals surface area contributed by atoms with E-state index in [4.69, 9.17) is 22.3 Å². The molecule has 0 aliphatic heterocycles. The summed E-state index contributed by atoms with van der Waals surface area (Å²) in [6.07, 6.45) is 0.647. The Morgan fingerprint density at radius 3 is 2.20 bits per heavy atom. The summed E-state index contributed by atoms with van der Waals surface area (Å²) in [6.45, 7) is 0.713. The zero-order valence-corrected chi connectivity index (χ0v) is 13.6. The monoisotopic (exact) mass is 349 g/mol. The Labute approximate surface area is 145 Å². The van der Waals surface area contributed by atoms with Crippen LogP contribution in [0.25, 0.3) is 0 Å². The van der Waals surface area contributed by atoms with Crippen LogP contribution in [0.2, 0.25) is 0 Å². The van der Waals surface area contributed by atoms with Gasteiger partial charge in [-0.3, -0.25) is 15.6 Å². The van der Waals surface area contributed by atoms with Crippen LogP contribution in [-0.4, -0.2) is 41.5 Å². The maximum atomic E-state index is 12.2. The van der Waals surface area contributed by atoms with Crippen LogP contribution in [0.1, 0.15) is 28.8 Å². The van der Waals surface area contributed by atoms with E-state index in [1.54, 1.807) is 24.3 Å². The lowest BCUT2D eigenvalue weighted by Gasteiger charge is -2.15. The van der Waals surface area contributed by atoms with Crippen LogP contribution in [0.4, 0.5) is 0 Å². The SMILES string of the molecule is N=C(N)NCCC[C@H](NC(=O)c1ccc(CNC(=N)N)cc1)C(=O)O. The van der Waals surface area contributed by atoms with E-state index in [0.29, 0.717) is 25.1 Å². The first-order valence-corrected chi connectivity index (χ1v) is 7.58. The number of benzene rings is 1. The molecule has 0 heterocycles. The molecule has 25 heavy (non-hydrogen) atoms. The number of hydrogen-bond donors (Lipinski definition) is 8. The van der Waals surface area contributed by atoms with Crippen molar-refractivity contribution in [2.75, 3.05) is 6.54 Å². The van der Waals surface area contributed by atoms with Crippen molar-refractivity contribution in [1.82, 2.24) is 16.0 Å². The van der Waals surface area contributed by atoms with Crippen LogP contribution in [0.15, 0.2) is 24.3 Å². The van der Waals surface area contributed by atoms with Gasteiger partial charge in [-0.15, -0.1) is 0 Å². The molecule has 0 unspecified atom stereocenters. The second-order valence-corrected chi connectivity index (χ2v) is 5.31. The summed E-state index contributed by atoms with van der Waals surface area (Å²) < 4.78 is 0. The normalized spacial score (nSPS) is 11.2. The van der Waals surface area contributed by atoms with Crippen LogP contribution in [-0.2, 0) is 11.3 Å². The molecule has 136 valence electrons. The molecule has 1 amide bonds. The van der Waals surface area contributed by atoms with Gasteiger partial charge in [0.05, 0.1) is 0 Å². The molecule has 0 radical (unpaired) electrons. The van der Waals surface area contributed by atoms with Gasteiger partial charge in [-0.05, 0) is 30.5 Å². The van der Waals surface area contributed by atoms with Crippen molar-refractivity contribution >= 4 is 23.8 Å². The van der Waals surface area contributed by atoms with Gasteiger partial charge < -0.3 is 32.5 Å². The second kappa shape index (κ2) is 9.75. The third-order valence-electron chi connectivity index (χ3n) is 3.29. The lowest BCUT2D eigenvalue weighted by molar-refractivity contribution is -0.139. The molecule has 1 aromatic carbocycles. The molecule has 1 aromatic rings. The average molecular weight is 349 g/mol. The smallest absolute Gasteiger partial charge is 0.326 e. The maximum Gasteiger partial charge on any atom is 0.326 e. The Kier molecular flexibility index (Phi) is 7.70. The van der Waals surface area contributed by atoms with Crippen LogP contribution in [0.5, 0.6) is 0 Å². The Balaban J connectivity index is 2.56. The van der Waals surface area contributed by atoms with Crippen molar-refractivity contribution in [3.63, 3.8) is 0 Å². The third-order valence-corrected chi connectivity index (χ3v) is 3.29. The quantitative estimate of drug-likeness (QED) is 0.161. The number of rotatable bonds is 9. The number of nitrogens with two attached hydrogens (primary N) is 2. The summed E-state index contributed by atoms with van der Waals surface area (Å²) in [7, 11) is 0. The number of carboxylic acid groups (broad SMARTS) is 1. The fraction of sp³-hybridized carbons (Fsp3) is 0.333. The van der Waals surface area contributed by atoms with Gasteiger partial charge in [0, 0.05) is 18.7 Å². The molecular formula is C15H23N7O3. The fourth-order valence-corrected chi connectivity index (χ4v) is 2.00. The standard InChI is InChI=1S/C15H23N7O3/c16-14(17)20-7-1-2-11(13(24)25)22-12(23)10-5-3-9(4-6-10)8-21-15(18)19/h3-6,11H,1-2,7-8H2,(H,22,23)(H,24,25)(H4,16,17,20)(H4,18,19,21)/t11-/m0/s1. The van der Waals surface area contributed by atoms with E-state index in [1.165, 1.54) is 0 Å². The van der Waals surface area contributed by atoms with Gasteiger partial charge in [0.25, 0.3) is 5.91 Å². The Morgan fingerprint density at radius 1 is 1.08 bits per heavy atom.